The van der Waals surface area contributed by atoms with E-state index in [1.165, 1.54) is 11.8 Å². The van der Waals surface area contributed by atoms with Crippen molar-refractivity contribution in [3.63, 3.8) is 0 Å². The third kappa shape index (κ3) is 3.44. The Hall–Kier alpha value is -0.650. The molecule has 0 N–H and O–H groups in total. The molecule has 0 unspecified atom stereocenters. The number of carbonyl (C=O) groups excluding carboxylic acids is 1. The number of methoxy groups -OCH3 is 1. The maximum Gasteiger partial charge on any atom is 0.155 e. The Balaban J connectivity index is 2.88. The number of aromatic nitrogens is 2. The van der Waals surface area contributed by atoms with Gasteiger partial charge in [0.05, 0.1) is 12.2 Å². The molecule has 4 nitrogen and oxygen atoms in total. The van der Waals surface area contributed by atoms with Gasteiger partial charge in [-0.25, -0.2) is 9.97 Å². The lowest BCUT2D eigenvalue weighted by Gasteiger charge is -2.05. The number of ether oxygens (including phenoxy) is 1. The first-order valence-corrected chi connectivity index (χ1v) is 5.66. The van der Waals surface area contributed by atoms with Crippen LogP contribution in [0.1, 0.15) is 16.2 Å². The number of aryl methyl sites for hydroxylation is 1. The molecule has 1 rings (SSSR count). The zero-order chi connectivity index (χ0) is 11.3. The van der Waals surface area contributed by atoms with Crippen molar-refractivity contribution in [3.05, 3.63) is 16.5 Å². The van der Waals surface area contributed by atoms with E-state index in [-0.39, 0.29) is 5.15 Å². The second-order valence-electron chi connectivity index (χ2n) is 2.74. The van der Waals surface area contributed by atoms with E-state index in [0.717, 1.165) is 5.75 Å². The predicted molar refractivity (Wildman–Crippen MR) is 59.8 cm³/mol. The van der Waals surface area contributed by atoms with Crippen LogP contribution in [-0.2, 0) is 4.74 Å². The van der Waals surface area contributed by atoms with E-state index < -0.39 is 0 Å². The van der Waals surface area contributed by atoms with Crippen LogP contribution in [0.15, 0.2) is 5.03 Å². The van der Waals surface area contributed by atoms with Crippen LogP contribution in [0.2, 0.25) is 5.15 Å². The molecule has 0 radical (unpaired) electrons. The van der Waals surface area contributed by atoms with E-state index in [1.54, 1.807) is 14.0 Å². The summed E-state index contributed by atoms with van der Waals surface area (Å²) in [7, 11) is 1.62. The monoisotopic (exact) mass is 246 g/mol. The molecule has 0 aliphatic heterocycles. The molecule has 0 aliphatic rings. The van der Waals surface area contributed by atoms with Crippen molar-refractivity contribution in [2.75, 3.05) is 19.5 Å². The lowest BCUT2D eigenvalue weighted by Crippen LogP contribution is -2.00. The highest BCUT2D eigenvalue weighted by molar-refractivity contribution is 7.99. The average molecular weight is 247 g/mol. The van der Waals surface area contributed by atoms with Gasteiger partial charge in [0.25, 0.3) is 0 Å². The van der Waals surface area contributed by atoms with Gasteiger partial charge < -0.3 is 4.74 Å². The van der Waals surface area contributed by atoms with E-state index in [9.17, 15) is 4.79 Å². The zero-order valence-corrected chi connectivity index (χ0v) is 10.1. The molecule has 6 heteroatoms. The number of halogens is 1. The van der Waals surface area contributed by atoms with Gasteiger partial charge in [-0.15, -0.1) is 11.8 Å². The molecule has 1 aromatic heterocycles. The van der Waals surface area contributed by atoms with E-state index in [2.05, 4.69) is 9.97 Å². The van der Waals surface area contributed by atoms with Gasteiger partial charge in [0.15, 0.2) is 6.29 Å². The summed E-state index contributed by atoms with van der Waals surface area (Å²) in [6.07, 6.45) is 0.677. The number of aldehydes is 1. The van der Waals surface area contributed by atoms with Gasteiger partial charge in [0.1, 0.15) is 16.0 Å². The van der Waals surface area contributed by atoms with Crippen LogP contribution in [-0.4, -0.2) is 35.7 Å². The Labute approximate surface area is 97.4 Å². The SMILES string of the molecule is COCCSc1nc(C)nc(Cl)c1C=O. The van der Waals surface area contributed by atoms with Crippen LogP contribution in [0, 0.1) is 6.92 Å². The quantitative estimate of drug-likeness (QED) is 0.344. The minimum Gasteiger partial charge on any atom is -0.384 e. The Morgan fingerprint density at radius 2 is 2.27 bits per heavy atom. The molecule has 1 aromatic rings. The largest absolute Gasteiger partial charge is 0.384 e. The first-order valence-electron chi connectivity index (χ1n) is 4.30. The number of hydrogen-bond acceptors (Lipinski definition) is 5. The molecule has 0 aliphatic carbocycles. The zero-order valence-electron chi connectivity index (χ0n) is 8.49. The summed E-state index contributed by atoms with van der Waals surface area (Å²) in [5.41, 5.74) is 0.350. The van der Waals surface area contributed by atoms with Gasteiger partial charge in [-0.1, -0.05) is 11.6 Å². The average Bonchev–Trinajstić information content (AvgIpc) is 2.17. The van der Waals surface area contributed by atoms with E-state index in [0.29, 0.717) is 29.3 Å². The highest BCUT2D eigenvalue weighted by Crippen LogP contribution is 2.23. The fourth-order valence-electron chi connectivity index (χ4n) is 0.953. The van der Waals surface area contributed by atoms with Gasteiger partial charge in [-0.3, -0.25) is 4.79 Å². The number of hydrogen-bond donors (Lipinski definition) is 0. The maximum absolute atomic E-state index is 10.8. The summed E-state index contributed by atoms with van der Waals surface area (Å²) in [6.45, 7) is 2.34. The second kappa shape index (κ2) is 6.05. The Bertz CT molecular complexity index is 360. The van der Waals surface area contributed by atoms with E-state index >= 15 is 0 Å². The van der Waals surface area contributed by atoms with Crippen molar-refractivity contribution in [1.82, 2.24) is 9.97 Å². The van der Waals surface area contributed by atoms with Crippen molar-refractivity contribution < 1.29 is 9.53 Å². The molecule has 0 fully saturated rings. The Morgan fingerprint density at radius 1 is 1.53 bits per heavy atom. The fraction of sp³-hybridized carbons (Fsp3) is 0.444. The molecule has 1 heterocycles. The van der Waals surface area contributed by atoms with Gasteiger partial charge in [-0.05, 0) is 6.92 Å². The lowest BCUT2D eigenvalue weighted by molar-refractivity contribution is 0.112. The van der Waals surface area contributed by atoms with Crippen LogP contribution in [0.25, 0.3) is 0 Å². The number of nitrogens with zero attached hydrogens (tertiary/aromatic N) is 2. The van der Waals surface area contributed by atoms with Crippen molar-refractivity contribution in [3.8, 4) is 0 Å². The molecule has 0 amide bonds. The lowest BCUT2D eigenvalue weighted by atomic mass is 10.4. The summed E-state index contributed by atoms with van der Waals surface area (Å²) in [5, 5.41) is 0.817. The summed E-state index contributed by atoms with van der Waals surface area (Å²) >= 11 is 7.25. The molecule has 0 bridgehead atoms. The molecule has 15 heavy (non-hydrogen) atoms. The molecule has 0 spiro atoms. The van der Waals surface area contributed by atoms with Gasteiger partial charge in [0, 0.05) is 12.9 Å². The maximum atomic E-state index is 10.8. The summed E-state index contributed by atoms with van der Waals surface area (Å²) < 4.78 is 4.91. The third-order valence-corrected chi connectivity index (χ3v) is 2.86. The fourth-order valence-corrected chi connectivity index (χ4v) is 2.21. The minimum absolute atomic E-state index is 0.206. The third-order valence-electron chi connectivity index (χ3n) is 1.62. The molecular weight excluding hydrogens is 236 g/mol. The van der Waals surface area contributed by atoms with Crippen molar-refractivity contribution >= 4 is 29.6 Å². The smallest absolute Gasteiger partial charge is 0.155 e. The molecule has 0 atom stereocenters. The number of rotatable bonds is 5. The van der Waals surface area contributed by atoms with Crippen molar-refractivity contribution in [1.29, 1.82) is 0 Å². The molecule has 82 valence electrons. The normalized spacial score (nSPS) is 10.3. The molecular formula is C9H11ClN2O2S. The van der Waals surface area contributed by atoms with Gasteiger partial charge in [0.2, 0.25) is 0 Å². The van der Waals surface area contributed by atoms with Gasteiger partial charge >= 0.3 is 0 Å². The van der Waals surface area contributed by atoms with Crippen LogP contribution in [0.3, 0.4) is 0 Å². The summed E-state index contributed by atoms with van der Waals surface area (Å²) in [6, 6.07) is 0. The summed E-state index contributed by atoms with van der Waals surface area (Å²) in [5.74, 6) is 1.29. The highest BCUT2D eigenvalue weighted by atomic mass is 35.5. The molecule has 0 saturated carbocycles. The Morgan fingerprint density at radius 3 is 2.87 bits per heavy atom. The number of thioether (sulfide) groups is 1. The first-order chi connectivity index (χ1) is 7.19. The van der Waals surface area contributed by atoms with E-state index in [4.69, 9.17) is 16.3 Å². The second-order valence-corrected chi connectivity index (χ2v) is 4.18. The standard InChI is InChI=1S/C9H11ClN2O2S/c1-6-11-8(10)7(5-13)9(12-6)15-4-3-14-2/h5H,3-4H2,1-2H3. The Kier molecular flexibility index (Phi) is 5.01. The summed E-state index contributed by atoms with van der Waals surface area (Å²) in [4.78, 5) is 18.9. The van der Waals surface area contributed by atoms with Crippen LogP contribution in [0.5, 0.6) is 0 Å². The van der Waals surface area contributed by atoms with Crippen molar-refractivity contribution in [2.24, 2.45) is 0 Å². The molecule has 0 saturated heterocycles. The first kappa shape index (κ1) is 12.4. The van der Waals surface area contributed by atoms with Crippen LogP contribution >= 0.6 is 23.4 Å². The minimum atomic E-state index is 0.206. The highest BCUT2D eigenvalue weighted by Gasteiger charge is 2.10. The van der Waals surface area contributed by atoms with Crippen LogP contribution < -0.4 is 0 Å². The topological polar surface area (TPSA) is 52.1 Å². The molecule has 0 aromatic carbocycles. The van der Waals surface area contributed by atoms with Crippen LogP contribution in [0.4, 0.5) is 0 Å². The number of carbonyl (C=O) groups is 1. The van der Waals surface area contributed by atoms with Gasteiger partial charge in [-0.2, -0.15) is 0 Å². The van der Waals surface area contributed by atoms with E-state index in [1.807, 2.05) is 0 Å². The predicted octanol–water partition coefficient (Wildman–Crippen LogP) is 1.99. The van der Waals surface area contributed by atoms with Crippen molar-refractivity contribution in [2.45, 2.75) is 11.9 Å².